The summed E-state index contributed by atoms with van der Waals surface area (Å²) < 4.78 is 0. The van der Waals surface area contributed by atoms with Crippen LogP contribution in [0.2, 0.25) is 0 Å². The molecule has 0 saturated carbocycles. The summed E-state index contributed by atoms with van der Waals surface area (Å²) >= 11 is 1.25. The van der Waals surface area contributed by atoms with E-state index in [0.29, 0.717) is 10.6 Å². The molecule has 0 radical (unpaired) electrons. The number of nitrogens with one attached hydrogen (secondary N) is 3. The average molecular weight is 374 g/mol. The molecule has 26 heavy (non-hydrogen) atoms. The van der Waals surface area contributed by atoms with Gasteiger partial charge in [0.15, 0.2) is 0 Å². The highest BCUT2D eigenvalue weighted by atomic mass is 32.1. The van der Waals surface area contributed by atoms with Crippen molar-refractivity contribution in [1.82, 2.24) is 21.2 Å². The molecule has 0 fully saturated rings. The van der Waals surface area contributed by atoms with E-state index in [1.54, 1.807) is 27.7 Å². The summed E-state index contributed by atoms with van der Waals surface area (Å²) in [4.78, 5) is 40.6. The minimum absolute atomic E-state index is 0.215. The van der Waals surface area contributed by atoms with Crippen LogP contribution in [0.5, 0.6) is 0 Å². The largest absolute Gasteiger partial charge is 0.347 e. The summed E-state index contributed by atoms with van der Waals surface area (Å²) in [5, 5.41) is 3.24. The molecule has 3 amide bonds. The van der Waals surface area contributed by atoms with Crippen LogP contribution in [0.4, 0.5) is 0 Å². The summed E-state index contributed by atoms with van der Waals surface area (Å²) in [7, 11) is 0. The number of thiazole rings is 1. The molecule has 1 aromatic carbocycles. The number of carbonyl (C=O) groups is 3. The Morgan fingerprint density at radius 3 is 2.35 bits per heavy atom. The highest BCUT2D eigenvalue weighted by molar-refractivity contribution is 7.17. The topological polar surface area (TPSA) is 100 Å². The van der Waals surface area contributed by atoms with Gasteiger partial charge in [-0.1, -0.05) is 51.1 Å². The molecule has 1 aromatic heterocycles. The normalized spacial score (nSPS) is 10.9. The fourth-order valence-electron chi connectivity index (χ4n) is 1.96. The average Bonchev–Trinajstić information content (AvgIpc) is 2.99. The zero-order valence-corrected chi connectivity index (χ0v) is 16.0. The predicted molar refractivity (Wildman–Crippen MR) is 100 cm³/mol. The lowest BCUT2D eigenvalue weighted by atomic mass is 9.96. The van der Waals surface area contributed by atoms with Crippen molar-refractivity contribution in [1.29, 1.82) is 0 Å². The van der Waals surface area contributed by atoms with Gasteiger partial charge >= 0.3 is 0 Å². The van der Waals surface area contributed by atoms with E-state index in [0.717, 1.165) is 10.6 Å². The van der Waals surface area contributed by atoms with Crippen molar-refractivity contribution in [2.75, 3.05) is 6.54 Å². The van der Waals surface area contributed by atoms with E-state index in [2.05, 4.69) is 21.2 Å². The third kappa shape index (κ3) is 5.13. The monoisotopic (exact) mass is 374 g/mol. The van der Waals surface area contributed by atoms with Crippen LogP contribution in [0.15, 0.2) is 30.3 Å². The van der Waals surface area contributed by atoms with Crippen molar-refractivity contribution in [3.05, 3.63) is 40.9 Å². The van der Waals surface area contributed by atoms with Crippen LogP contribution in [-0.2, 0) is 9.59 Å². The molecule has 0 bridgehead atoms. The quantitative estimate of drug-likeness (QED) is 0.713. The maximum absolute atomic E-state index is 12.3. The van der Waals surface area contributed by atoms with E-state index in [9.17, 15) is 14.4 Å². The third-order valence-corrected chi connectivity index (χ3v) is 4.63. The molecule has 1 heterocycles. The van der Waals surface area contributed by atoms with Gasteiger partial charge in [0, 0.05) is 11.0 Å². The lowest BCUT2D eigenvalue weighted by Crippen LogP contribution is -2.47. The molecule has 0 saturated heterocycles. The van der Waals surface area contributed by atoms with Gasteiger partial charge in [-0.25, -0.2) is 4.98 Å². The maximum Gasteiger partial charge on any atom is 0.281 e. The van der Waals surface area contributed by atoms with Crippen LogP contribution >= 0.6 is 11.3 Å². The lowest BCUT2D eigenvalue weighted by Gasteiger charge is -2.17. The molecular formula is C18H22N4O3S. The predicted octanol–water partition coefficient (Wildman–Crippen LogP) is 2.04. The number of hydrazine groups is 1. The minimum atomic E-state index is -0.586. The molecule has 138 valence electrons. The Kier molecular flexibility index (Phi) is 6.10. The molecule has 0 aliphatic heterocycles. The van der Waals surface area contributed by atoms with E-state index in [1.165, 1.54) is 11.3 Å². The number of hydrogen-bond donors (Lipinski definition) is 3. The number of aromatic nitrogens is 1. The highest BCUT2D eigenvalue weighted by Crippen LogP contribution is 2.27. The number of carbonyl (C=O) groups excluding carboxylic acids is 3. The minimum Gasteiger partial charge on any atom is -0.347 e. The molecule has 0 spiro atoms. The van der Waals surface area contributed by atoms with Crippen LogP contribution in [0.3, 0.4) is 0 Å². The van der Waals surface area contributed by atoms with Crippen LogP contribution in [0.25, 0.3) is 10.6 Å². The Balaban J connectivity index is 1.91. The number of nitrogens with zero attached hydrogens (tertiary/aromatic N) is 1. The molecule has 0 aliphatic rings. The Labute approximate surface area is 156 Å². The van der Waals surface area contributed by atoms with E-state index in [1.807, 2.05) is 30.3 Å². The molecular weight excluding hydrogens is 352 g/mol. The number of amides is 3. The second-order valence-electron chi connectivity index (χ2n) is 6.73. The zero-order valence-electron chi connectivity index (χ0n) is 15.2. The van der Waals surface area contributed by atoms with Gasteiger partial charge in [0.2, 0.25) is 5.91 Å². The highest BCUT2D eigenvalue weighted by Gasteiger charge is 2.22. The van der Waals surface area contributed by atoms with Crippen LogP contribution < -0.4 is 16.2 Å². The van der Waals surface area contributed by atoms with Crippen LogP contribution in [-0.4, -0.2) is 29.3 Å². The van der Waals surface area contributed by atoms with Crippen molar-refractivity contribution >= 4 is 29.1 Å². The SMILES string of the molecule is Cc1nc(-c2ccccc2)sc1C(=O)NNC(=O)CNC(=O)C(C)(C)C. The van der Waals surface area contributed by atoms with Crippen molar-refractivity contribution in [2.24, 2.45) is 5.41 Å². The number of rotatable bonds is 4. The van der Waals surface area contributed by atoms with E-state index < -0.39 is 17.2 Å². The molecule has 0 atom stereocenters. The summed E-state index contributed by atoms with van der Waals surface area (Å²) in [5.41, 5.74) is 5.56. The first kappa shape index (κ1) is 19.6. The van der Waals surface area contributed by atoms with E-state index in [-0.39, 0.29) is 12.5 Å². The third-order valence-electron chi connectivity index (χ3n) is 3.43. The molecule has 0 aliphatic carbocycles. The lowest BCUT2D eigenvalue weighted by molar-refractivity contribution is -0.131. The fraction of sp³-hybridized carbons (Fsp3) is 0.333. The van der Waals surface area contributed by atoms with Gasteiger partial charge in [-0.3, -0.25) is 25.2 Å². The van der Waals surface area contributed by atoms with Gasteiger partial charge in [0.05, 0.1) is 12.2 Å². The second kappa shape index (κ2) is 8.09. The standard InChI is InChI=1S/C18H22N4O3S/c1-11-14(26-16(20-11)12-8-6-5-7-9-12)15(24)22-21-13(23)10-19-17(25)18(2,3)4/h5-9H,10H2,1-4H3,(H,19,25)(H,21,23)(H,22,24). The second-order valence-corrected chi connectivity index (χ2v) is 7.73. The first-order valence-electron chi connectivity index (χ1n) is 8.09. The first-order chi connectivity index (χ1) is 12.2. The van der Waals surface area contributed by atoms with Crippen molar-refractivity contribution < 1.29 is 14.4 Å². The van der Waals surface area contributed by atoms with E-state index in [4.69, 9.17) is 0 Å². The number of hydrogen-bond acceptors (Lipinski definition) is 5. The van der Waals surface area contributed by atoms with Gasteiger partial charge < -0.3 is 5.32 Å². The molecule has 2 rings (SSSR count). The Hall–Kier alpha value is -2.74. The zero-order chi connectivity index (χ0) is 19.3. The summed E-state index contributed by atoms with van der Waals surface area (Å²) in [6.45, 7) is 6.77. The van der Waals surface area contributed by atoms with Gasteiger partial charge in [-0.15, -0.1) is 11.3 Å². The van der Waals surface area contributed by atoms with Crippen LogP contribution in [0, 0.1) is 12.3 Å². The first-order valence-corrected chi connectivity index (χ1v) is 8.90. The summed E-state index contributed by atoms with van der Waals surface area (Å²) in [5.74, 6) is -1.20. The molecule has 2 aromatic rings. The summed E-state index contributed by atoms with van der Waals surface area (Å²) in [6, 6.07) is 9.54. The molecule has 8 heteroatoms. The van der Waals surface area contributed by atoms with Gasteiger partial charge in [-0.05, 0) is 6.92 Å². The van der Waals surface area contributed by atoms with Crippen molar-refractivity contribution in [3.8, 4) is 10.6 Å². The Morgan fingerprint density at radius 2 is 1.73 bits per heavy atom. The fourth-order valence-corrected chi connectivity index (χ4v) is 2.93. The van der Waals surface area contributed by atoms with Crippen molar-refractivity contribution in [2.45, 2.75) is 27.7 Å². The Bertz CT molecular complexity index is 810. The summed E-state index contributed by atoms with van der Waals surface area (Å²) in [6.07, 6.45) is 0. The Morgan fingerprint density at radius 1 is 1.08 bits per heavy atom. The van der Waals surface area contributed by atoms with Gasteiger partial charge in [0.25, 0.3) is 11.8 Å². The van der Waals surface area contributed by atoms with Crippen molar-refractivity contribution in [3.63, 3.8) is 0 Å². The van der Waals surface area contributed by atoms with Crippen LogP contribution in [0.1, 0.15) is 36.1 Å². The number of aryl methyl sites for hydroxylation is 1. The molecule has 3 N–H and O–H groups in total. The molecule has 0 unspecified atom stereocenters. The maximum atomic E-state index is 12.3. The van der Waals surface area contributed by atoms with Gasteiger partial charge in [-0.2, -0.15) is 0 Å². The van der Waals surface area contributed by atoms with E-state index >= 15 is 0 Å². The molecule has 7 nitrogen and oxygen atoms in total. The van der Waals surface area contributed by atoms with Gasteiger partial charge in [0.1, 0.15) is 9.88 Å². The number of benzene rings is 1. The smallest absolute Gasteiger partial charge is 0.281 e.